The molecule has 27 heavy (non-hydrogen) atoms. The number of anilines is 1. The number of rotatable bonds is 9. The molecule has 6 nitrogen and oxygen atoms in total. The summed E-state index contributed by atoms with van der Waals surface area (Å²) in [6.45, 7) is 2.62. The van der Waals surface area contributed by atoms with E-state index in [1.807, 2.05) is 36.4 Å². The van der Waals surface area contributed by atoms with Gasteiger partial charge < -0.3 is 20.1 Å². The second-order valence-corrected chi connectivity index (χ2v) is 6.04. The zero-order chi connectivity index (χ0) is 19.5. The third-order valence-electron chi connectivity index (χ3n) is 3.93. The van der Waals surface area contributed by atoms with E-state index in [-0.39, 0.29) is 13.2 Å². The third kappa shape index (κ3) is 7.01. The van der Waals surface area contributed by atoms with E-state index in [1.54, 1.807) is 19.2 Å². The molecule has 2 N–H and O–H groups in total. The molecule has 144 valence electrons. The maximum Gasteiger partial charge on any atom is 0.313 e. The summed E-state index contributed by atoms with van der Waals surface area (Å²) in [6.07, 6.45) is 3.28. The zero-order valence-corrected chi connectivity index (χ0v) is 15.8. The summed E-state index contributed by atoms with van der Waals surface area (Å²) in [5, 5.41) is 5.12. The van der Waals surface area contributed by atoms with E-state index in [0.717, 1.165) is 19.3 Å². The van der Waals surface area contributed by atoms with Crippen molar-refractivity contribution in [3.05, 3.63) is 54.1 Å². The maximum absolute atomic E-state index is 11.9. The van der Waals surface area contributed by atoms with Crippen LogP contribution in [0.25, 0.3) is 0 Å². The van der Waals surface area contributed by atoms with Crippen LogP contribution >= 0.6 is 0 Å². The van der Waals surface area contributed by atoms with Gasteiger partial charge >= 0.3 is 11.8 Å². The van der Waals surface area contributed by atoms with Crippen molar-refractivity contribution in [3.8, 4) is 11.5 Å². The highest BCUT2D eigenvalue weighted by Crippen LogP contribution is 2.18. The van der Waals surface area contributed by atoms with Crippen LogP contribution < -0.4 is 20.1 Å². The highest BCUT2D eigenvalue weighted by Gasteiger charge is 2.13. The Kier molecular flexibility index (Phi) is 8.16. The lowest BCUT2D eigenvalue weighted by Crippen LogP contribution is -2.37. The molecule has 2 aromatic carbocycles. The van der Waals surface area contributed by atoms with Crippen molar-refractivity contribution in [2.24, 2.45) is 0 Å². The second-order valence-electron chi connectivity index (χ2n) is 6.04. The fourth-order valence-electron chi connectivity index (χ4n) is 2.43. The molecule has 0 bridgehead atoms. The minimum atomic E-state index is -0.697. The van der Waals surface area contributed by atoms with Crippen LogP contribution in [0.4, 0.5) is 5.69 Å². The van der Waals surface area contributed by atoms with Gasteiger partial charge in [-0.3, -0.25) is 9.59 Å². The molecule has 0 saturated heterocycles. The van der Waals surface area contributed by atoms with Crippen LogP contribution in [0.3, 0.4) is 0 Å². The molecule has 2 aromatic rings. The standard InChI is InChI=1S/C21H26N2O4/c1-3-4-6-16-9-11-17(12-10-16)23-21(25)20(24)22-13-14-27-19-8-5-7-18(15-19)26-2/h5,7-12,15H,3-4,6,13-14H2,1-2H3,(H,22,24)(H,23,25). The van der Waals surface area contributed by atoms with Gasteiger partial charge in [-0.25, -0.2) is 0 Å². The zero-order valence-electron chi connectivity index (χ0n) is 15.8. The van der Waals surface area contributed by atoms with Crippen molar-refractivity contribution in [2.45, 2.75) is 26.2 Å². The number of benzene rings is 2. The first-order valence-electron chi connectivity index (χ1n) is 9.07. The normalized spacial score (nSPS) is 10.1. The lowest BCUT2D eigenvalue weighted by atomic mass is 10.1. The van der Waals surface area contributed by atoms with Crippen LogP contribution in [0.2, 0.25) is 0 Å². The van der Waals surface area contributed by atoms with Crippen molar-refractivity contribution in [1.29, 1.82) is 0 Å². The van der Waals surface area contributed by atoms with Crippen LogP contribution in [-0.4, -0.2) is 32.1 Å². The Morgan fingerprint density at radius 3 is 2.44 bits per heavy atom. The Balaban J connectivity index is 1.71. The van der Waals surface area contributed by atoms with Gasteiger partial charge in [-0.05, 0) is 42.7 Å². The number of hydrogen-bond donors (Lipinski definition) is 2. The third-order valence-corrected chi connectivity index (χ3v) is 3.93. The van der Waals surface area contributed by atoms with Gasteiger partial charge in [0.2, 0.25) is 0 Å². The van der Waals surface area contributed by atoms with Crippen molar-refractivity contribution in [2.75, 3.05) is 25.6 Å². The molecule has 6 heteroatoms. The van der Waals surface area contributed by atoms with Crippen LogP contribution in [-0.2, 0) is 16.0 Å². The van der Waals surface area contributed by atoms with E-state index in [9.17, 15) is 9.59 Å². The van der Waals surface area contributed by atoms with Gasteiger partial charge in [0.05, 0.1) is 13.7 Å². The summed E-state index contributed by atoms with van der Waals surface area (Å²) < 4.78 is 10.6. The largest absolute Gasteiger partial charge is 0.497 e. The van der Waals surface area contributed by atoms with Gasteiger partial charge in [0.1, 0.15) is 18.1 Å². The molecular formula is C21H26N2O4. The highest BCUT2D eigenvalue weighted by atomic mass is 16.5. The Bertz CT molecular complexity index is 744. The van der Waals surface area contributed by atoms with E-state index in [4.69, 9.17) is 9.47 Å². The number of methoxy groups -OCH3 is 1. The lowest BCUT2D eigenvalue weighted by molar-refractivity contribution is -0.136. The number of unbranched alkanes of at least 4 members (excludes halogenated alkanes) is 1. The molecule has 0 atom stereocenters. The van der Waals surface area contributed by atoms with Crippen LogP contribution in [0.1, 0.15) is 25.3 Å². The van der Waals surface area contributed by atoms with Crippen molar-refractivity contribution >= 4 is 17.5 Å². The average molecular weight is 370 g/mol. The molecule has 0 aliphatic heterocycles. The Hall–Kier alpha value is -3.02. The molecule has 2 rings (SSSR count). The Morgan fingerprint density at radius 2 is 1.74 bits per heavy atom. The van der Waals surface area contributed by atoms with E-state index < -0.39 is 11.8 Å². The van der Waals surface area contributed by atoms with E-state index >= 15 is 0 Å². The van der Waals surface area contributed by atoms with Gasteiger partial charge in [-0.15, -0.1) is 0 Å². The topological polar surface area (TPSA) is 76.7 Å². The quantitative estimate of drug-likeness (QED) is 0.525. The smallest absolute Gasteiger partial charge is 0.313 e. The molecule has 0 unspecified atom stereocenters. The predicted octanol–water partition coefficient (Wildman–Crippen LogP) is 3.17. The van der Waals surface area contributed by atoms with E-state index in [0.29, 0.717) is 17.2 Å². The minimum Gasteiger partial charge on any atom is -0.497 e. The number of amides is 2. The highest BCUT2D eigenvalue weighted by molar-refractivity contribution is 6.39. The number of carbonyl (C=O) groups excluding carboxylic acids is 2. The number of hydrogen-bond acceptors (Lipinski definition) is 4. The van der Waals surface area contributed by atoms with Crippen molar-refractivity contribution in [1.82, 2.24) is 5.32 Å². The van der Waals surface area contributed by atoms with Gasteiger partial charge in [-0.1, -0.05) is 31.5 Å². The maximum atomic E-state index is 11.9. The SMILES string of the molecule is CCCCc1ccc(NC(=O)C(=O)NCCOc2cccc(OC)c2)cc1. The van der Waals surface area contributed by atoms with Crippen LogP contribution in [0, 0.1) is 0 Å². The molecule has 0 aliphatic rings. The number of nitrogens with one attached hydrogen (secondary N) is 2. The first-order valence-corrected chi connectivity index (χ1v) is 9.07. The molecular weight excluding hydrogens is 344 g/mol. The van der Waals surface area contributed by atoms with Gasteiger partial charge in [-0.2, -0.15) is 0 Å². The molecule has 0 aliphatic carbocycles. The monoisotopic (exact) mass is 370 g/mol. The summed E-state index contributed by atoms with van der Waals surface area (Å²) in [5.41, 5.74) is 1.82. The van der Waals surface area contributed by atoms with Crippen LogP contribution in [0.15, 0.2) is 48.5 Å². The lowest BCUT2D eigenvalue weighted by Gasteiger charge is -2.09. The van der Waals surface area contributed by atoms with E-state index in [1.165, 1.54) is 5.56 Å². The average Bonchev–Trinajstić information content (AvgIpc) is 2.70. The predicted molar refractivity (Wildman–Crippen MR) is 105 cm³/mol. The number of aryl methyl sites for hydroxylation is 1. The first-order chi connectivity index (χ1) is 13.1. The molecule has 0 aromatic heterocycles. The summed E-state index contributed by atoms with van der Waals surface area (Å²) in [4.78, 5) is 23.8. The van der Waals surface area contributed by atoms with Gasteiger partial charge in [0.25, 0.3) is 0 Å². The number of carbonyl (C=O) groups is 2. The molecule has 0 fully saturated rings. The fourth-order valence-corrected chi connectivity index (χ4v) is 2.43. The van der Waals surface area contributed by atoms with E-state index in [2.05, 4.69) is 17.6 Å². The van der Waals surface area contributed by atoms with Crippen LogP contribution in [0.5, 0.6) is 11.5 Å². The summed E-state index contributed by atoms with van der Waals surface area (Å²) in [5.74, 6) is -0.0650. The number of ether oxygens (including phenoxy) is 2. The summed E-state index contributed by atoms with van der Waals surface area (Å²) >= 11 is 0. The fraction of sp³-hybridized carbons (Fsp3) is 0.333. The van der Waals surface area contributed by atoms with Gasteiger partial charge in [0, 0.05) is 11.8 Å². The Labute approximate surface area is 159 Å². The Morgan fingerprint density at radius 1 is 1.00 bits per heavy atom. The molecule has 0 saturated carbocycles. The molecule has 0 spiro atoms. The van der Waals surface area contributed by atoms with Crippen molar-refractivity contribution < 1.29 is 19.1 Å². The molecule has 2 amide bonds. The second kappa shape index (κ2) is 10.9. The summed E-state index contributed by atoms with van der Waals surface area (Å²) in [6, 6.07) is 14.7. The first kappa shape index (κ1) is 20.3. The van der Waals surface area contributed by atoms with Crippen molar-refractivity contribution in [3.63, 3.8) is 0 Å². The van der Waals surface area contributed by atoms with Gasteiger partial charge in [0.15, 0.2) is 0 Å². The summed E-state index contributed by atoms with van der Waals surface area (Å²) in [7, 11) is 1.58. The molecule has 0 radical (unpaired) electrons. The molecule has 0 heterocycles. The minimum absolute atomic E-state index is 0.222.